The summed E-state index contributed by atoms with van der Waals surface area (Å²) in [5.74, 6) is 0. The molecule has 0 unspecified atom stereocenters. The van der Waals surface area contributed by atoms with Gasteiger partial charge in [-0.15, -0.1) is 0 Å². The molecule has 92 valence electrons. The van der Waals surface area contributed by atoms with Gasteiger partial charge in [0, 0.05) is 0 Å². The molecule has 0 saturated heterocycles. The van der Waals surface area contributed by atoms with Crippen molar-refractivity contribution < 1.29 is 0 Å². The zero-order valence-electron chi connectivity index (χ0n) is 9.84. The molecule has 3 heterocycles. The third kappa shape index (κ3) is 2.85. The van der Waals surface area contributed by atoms with Gasteiger partial charge in [0.2, 0.25) is 0 Å². The standard InChI is InChI=1S/C12H10N2S2Se2/c1-7-13-9(4-15-7)3-12-17-6-11(18-12)10-5-16-8(2)14-10/h3-6H,1-2H3/b12-3-. The molecule has 0 fully saturated rings. The van der Waals surface area contributed by atoms with Gasteiger partial charge in [0.15, 0.2) is 0 Å². The Balaban J connectivity index is 1.76. The van der Waals surface area contributed by atoms with Crippen LogP contribution >= 0.6 is 22.7 Å². The summed E-state index contributed by atoms with van der Waals surface area (Å²) in [5, 5.41) is 6.61. The van der Waals surface area contributed by atoms with Crippen molar-refractivity contribution in [2.75, 3.05) is 0 Å². The molecule has 1 aliphatic heterocycles. The van der Waals surface area contributed by atoms with E-state index in [4.69, 9.17) is 0 Å². The van der Waals surface area contributed by atoms with Crippen molar-refractivity contribution in [3.8, 4) is 0 Å². The van der Waals surface area contributed by atoms with Crippen LogP contribution in [-0.2, 0) is 0 Å². The van der Waals surface area contributed by atoms with Crippen LogP contribution in [0.2, 0.25) is 0 Å². The van der Waals surface area contributed by atoms with Gasteiger partial charge < -0.3 is 0 Å². The fourth-order valence-electron chi connectivity index (χ4n) is 1.49. The van der Waals surface area contributed by atoms with E-state index < -0.39 is 0 Å². The van der Waals surface area contributed by atoms with E-state index in [1.807, 2.05) is 0 Å². The van der Waals surface area contributed by atoms with Gasteiger partial charge in [-0.1, -0.05) is 0 Å². The Labute approximate surface area is 127 Å². The molecule has 2 nitrogen and oxygen atoms in total. The Morgan fingerprint density at radius 3 is 2.56 bits per heavy atom. The van der Waals surface area contributed by atoms with E-state index in [1.165, 1.54) is 10.2 Å². The molecule has 0 atom stereocenters. The van der Waals surface area contributed by atoms with Crippen molar-refractivity contribution in [3.63, 3.8) is 0 Å². The second-order valence-electron chi connectivity index (χ2n) is 3.71. The van der Waals surface area contributed by atoms with E-state index in [2.05, 4.69) is 45.6 Å². The van der Waals surface area contributed by atoms with Crippen molar-refractivity contribution in [1.29, 1.82) is 0 Å². The van der Waals surface area contributed by atoms with Gasteiger partial charge in [0.05, 0.1) is 0 Å². The van der Waals surface area contributed by atoms with Crippen LogP contribution in [0.15, 0.2) is 19.1 Å². The van der Waals surface area contributed by atoms with Crippen LogP contribution in [0.25, 0.3) is 10.5 Å². The Kier molecular flexibility index (Phi) is 3.85. The number of aryl methyl sites for hydroxylation is 2. The van der Waals surface area contributed by atoms with E-state index in [0.29, 0.717) is 29.9 Å². The van der Waals surface area contributed by atoms with Crippen LogP contribution in [0.3, 0.4) is 0 Å². The molecule has 2 aromatic heterocycles. The molecule has 0 spiro atoms. The number of rotatable bonds is 2. The summed E-state index contributed by atoms with van der Waals surface area (Å²) in [5.41, 5.74) is 2.32. The Morgan fingerprint density at radius 1 is 1.11 bits per heavy atom. The molecule has 0 amide bonds. The van der Waals surface area contributed by atoms with E-state index >= 15 is 0 Å². The summed E-state index contributed by atoms with van der Waals surface area (Å²) in [6.45, 7) is 4.12. The van der Waals surface area contributed by atoms with Crippen LogP contribution in [0.4, 0.5) is 0 Å². The molecule has 2 aromatic rings. The first-order valence-electron chi connectivity index (χ1n) is 5.32. The molecule has 0 radical (unpaired) electrons. The summed E-state index contributed by atoms with van der Waals surface area (Å²) < 4.78 is 3.01. The maximum absolute atomic E-state index is 4.57. The predicted molar refractivity (Wildman–Crippen MR) is 81.2 cm³/mol. The first-order chi connectivity index (χ1) is 8.70. The number of nitrogens with zero attached hydrogens (tertiary/aromatic N) is 2. The predicted octanol–water partition coefficient (Wildman–Crippen LogP) is 2.94. The zero-order chi connectivity index (χ0) is 12.5. The second-order valence-corrected chi connectivity index (χ2v) is 11.3. The van der Waals surface area contributed by atoms with Gasteiger partial charge in [-0.05, 0) is 0 Å². The molecule has 0 saturated carbocycles. The normalized spacial score (nSPS) is 17.4. The molecule has 3 rings (SSSR count). The van der Waals surface area contributed by atoms with Gasteiger partial charge >= 0.3 is 127 Å². The number of hydrogen-bond acceptors (Lipinski definition) is 4. The molecule has 0 aromatic carbocycles. The van der Waals surface area contributed by atoms with Crippen LogP contribution < -0.4 is 0 Å². The molecule has 1 aliphatic rings. The van der Waals surface area contributed by atoms with Crippen LogP contribution in [0.5, 0.6) is 0 Å². The van der Waals surface area contributed by atoms with E-state index in [9.17, 15) is 0 Å². The van der Waals surface area contributed by atoms with Gasteiger partial charge in [0.1, 0.15) is 0 Å². The Morgan fingerprint density at radius 2 is 1.89 bits per heavy atom. The minimum absolute atomic E-state index is 0.442. The van der Waals surface area contributed by atoms with Gasteiger partial charge in [0.25, 0.3) is 0 Å². The molecule has 6 heteroatoms. The van der Waals surface area contributed by atoms with Gasteiger partial charge in [-0.2, -0.15) is 0 Å². The second kappa shape index (κ2) is 5.41. The minimum atomic E-state index is 0.442. The first kappa shape index (κ1) is 12.8. The summed E-state index contributed by atoms with van der Waals surface area (Å²) in [7, 11) is 0. The summed E-state index contributed by atoms with van der Waals surface area (Å²) in [6.07, 6.45) is 2.27. The van der Waals surface area contributed by atoms with Gasteiger partial charge in [-0.25, -0.2) is 0 Å². The number of hydrogen-bond donors (Lipinski definition) is 0. The van der Waals surface area contributed by atoms with Gasteiger partial charge in [-0.3, -0.25) is 0 Å². The molecule has 18 heavy (non-hydrogen) atoms. The molecular weight excluding hydrogens is 394 g/mol. The fourth-order valence-corrected chi connectivity index (χ4v) is 8.51. The van der Waals surface area contributed by atoms with Crippen molar-refractivity contribution in [3.05, 3.63) is 40.5 Å². The van der Waals surface area contributed by atoms with E-state index in [-0.39, 0.29) is 0 Å². The van der Waals surface area contributed by atoms with Crippen molar-refractivity contribution >= 4 is 63.1 Å². The van der Waals surface area contributed by atoms with Crippen molar-refractivity contribution in [2.45, 2.75) is 13.8 Å². The average molecular weight is 404 g/mol. The van der Waals surface area contributed by atoms with Crippen LogP contribution in [-0.4, -0.2) is 39.9 Å². The number of thiazole rings is 2. The van der Waals surface area contributed by atoms with Crippen molar-refractivity contribution in [2.24, 2.45) is 0 Å². The summed E-state index contributed by atoms with van der Waals surface area (Å²) in [4.78, 5) is 11.5. The quantitative estimate of drug-likeness (QED) is 0.720. The Hall–Kier alpha value is -0.221. The monoisotopic (exact) mass is 406 g/mol. The molecule has 0 N–H and O–H groups in total. The third-order valence-corrected chi connectivity index (χ3v) is 9.84. The van der Waals surface area contributed by atoms with Crippen LogP contribution in [0.1, 0.15) is 21.4 Å². The van der Waals surface area contributed by atoms with E-state index in [1.54, 1.807) is 26.0 Å². The Bertz CT molecular complexity index is 640. The zero-order valence-corrected chi connectivity index (χ0v) is 14.9. The van der Waals surface area contributed by atoms with E-state index in [0.717, 1.165) is 15.7 Å². The van der Waals surface area contributed by atoms with Crippen LogP contribution in [0, 0.1) is 13.8 Å². The summed E-state index contributed by atoms with van der Waals surface area (Å²) >= 11 is 4.39. The average Bonchev–Trinajstić information content (AvgIpc) is 3.01. The fraction of sp³-hybridized carbons (Fsp3) is 0.167. The van der Waals surface area contributed by atoms with Crippen molar-refractivity contribution in [1.82, 2.24) is 9.97 Å². The number of aromatic nitrogens is 2. The molecule has 0 aliphatic carbocycles. The first-order valence-corrected chi connectivity index (χ1v) is 10.6. The third-order valence-electron chi connectivity index (χ3n) is 2.27. The SMILES string of the molecule is Cc1nc(/C=C2/[Se]C=C(c3csc(C)n3)[Se]2)cs1. The molecular formula is C12H10N2S2Se2. The topological polar surface area (TPSA) is 25.8 Å². The summed E-state index contributed by atoms with van der Waals surface area (Å²) in [6, 6.07) is 0. The maximum atomic E-state index is 4.57. The molecule has 0 bridgehead atoms.